The summed E-state index contributed by atoms with van der Waals surface area (Å²) in [5.74, 6) is 0.368. The van der Waals surface area contributed by atoms with E-state index in [9.17, 15) is 9.50 Å². The second kappa shape index (κ2) is 20.8. The fourth-order valence-corrected chi connectivity index (χ4v) is 9.93. The summed E-state index contributed by atoms with van der Waals surface area (Å²) in [6, 6.07) is 65.1. The van der Waals surface area contributed by atoms with Crippen molar-refractivity contribution in [3.05, 3.63) is 229 Å². The van der Waals surface area contributed by atoms with Crippen molar-refractivity contribution in [3.8, 4) is 73.0 Å². The molecule has 8 aromatic carbocycles. The Labute approximate surface area is 444 Å². The van der Waals surface area contributed by atoms with E-state index < -0.39 is 0 Å². The van der Waals surface area contributed by atoms with Gasteiger partial charge in [-0.25, -0.2) is 0 Å². The van der Waals surface area contributed by atoms with E-state index in [-0.39, 0.29) is 43.5 Å². The average Bonchev–Trinajstić information content (AvgIpc) is 3.77. The Kier molecular flexibility index (Phi) is 13.9. The van der Waals surface area contributed by atoms with E-state index in [0.717, 1.165) is 61.1 Å². The Hall–Kier alpha value is -8.09. The number of fused-ring (bicyclic) bond motifs is 6. The van der Waals surface area contributed by atoms with Gasteiger partial charge in [0.15, 0.2) is 0 Å². The van der Waals surface area contributed by atoms with Gasteiger partial charge in [0, 0.05) is 60.7 Å². The molecule has 0 unspecified atom stereocenters. The van der Waals surface area contributed by atoms with Crippen LogP contribution in [0.3, 0.4) is 0 Å². The van der Waals surface area contributed by atoms with E-state index in [1.165, 1.54) is 61.5 Å². The van der Waals surface area contributed by atoms with E-state index in [0.29, 0.717) is 22.5 Å². The molecule has 4 aromatic heterocycles. The zero-order valence-corrected chi connectivity index (χ0v) is 44.4. The number of benzene rings is 8. The molecule has 12 aromatic rings. The third-order valence-electron chi connectivity index (χ3n) is 13.6. The summed E-state index contributed by atoms with van der Waals surface area (Å²) < 4.78 is 20.3. The molecular formula is C67H52FIrN3O2-2. The largest absolute Gasteiger partial charge is 0.507 e. The molecule has 74 heavy (non-hydrogen) atoms. The van der Waals surface area contributed by atoms with Crippen LogP contribution < -0.4 is 0 Å². The second-order valence-corrected chi connectivity index (χ2v) is 19.5. The molecular weight excluding hydrogens is 1090 g/mol. The Balaban J connectivity index is 0.000000167. The summed E-state index contributed by atoms with van der Waals surface area (Å²) in [5, 5.41) is 17.6. The number of aromatic hydroxyl groups is 1. The monoisotopic (exact) mass is 1140 g/mol. The summed E-state index contributed by atoms with van der Waals surface area (Å²) in [7, 11) is 0. The summed E-state index contributed by atoms with van der Waals surface area (Å²) >= 11 is 0. The predicted molar refractivity (Wildman–Crippen MR) is 298 cm³/mol. The molecule has 0 aliphatic carbocycles. The average molecular weight is 1140 g/mol. The summed E-state index contributed by atoms with van der Waals surface area (Å²) in [5.41, 5.74) is 17.2. The van der Waals surface area contributed by atoms with Crippen molar-refractivity contribution in [1.29, 1.82) is 0 Å². The summed E-state index contributed by atoms with van der Waals surface area (Å²) in [6.07, 6.45) is 3.68. The molecule has 7 heteroatoms. The first-order chi connectivity index (χ1) is 35.4. The Bertz CT molecular complexity index is 4000. The predicted octanol–water partition coefficient (Wildman–Crippen LogP) is 18.1. The zero-order valence-electron chi connectivity index (χ0n) is 42.0. The molecule has 4 heterocycles. The maximum absolute atomic E-state index is 13.7. The number of rotatable bonds is 8. The fourth-order valence-electron chi connectivity index (χ4n) is 9.93. The number of para-hydroxylation sites is 1. The van der Waals surface area contributed by atoms with Gasteiger partial charge in [-0.3, -0.25) is 19.3 Å². The minimum atomic E-state index is -0.341. The van der Waals surface area contributed by atoms with Crippen LogP contribution in [0, 0.1) is 31.8 Å². The van der Waals surface area contributed by atoms with Gasteiger partial charge in [-0.15, -0.1) is 42.0 Å². The number of phenols is 1. The maximum atomic E-state index is 13.7. The number of aryl methyl sites for hydroxylation is 2. The van der Waals surface area contributed by atoms with Crippen molar-refractivity contribution in [3.63, 3.8) is 0 Å². The van der Waals surface area contributed by atoms with Crippen molar-refractivity contribution in [2.24, 2.45) is 0 Å². The molecule has 0 saturated heterocycles. The third kappa shape index (κ3) is 9.77. The molecule has 0 saturated carbocycles. The molecule has 0 aliphatic rings. The number of hydrogen-bond donors (Lipinski definition) is 1. The molecule has 0 aliphatic heterocycles. The van der Waals surface area contributed by atoms with Crippen molar-refractivity contribution < 1.29 is 34.0 Å². The van der Waals surface area contributed by atoms with Crippen LogP contribution in [0.4, 0.5) is 4.39 Å². The topological polar surface area (TPSA) is 72.0 Å². The van der Waals surface area contributed by atoms with Gasteiger partial charge in [-0.2, -0.15) is 0 Å². The first-order valence-electron chi connectivity index (χ1n) is 24.8. The molecule has 0 atom stereocenters. The minimum Gasteiger partial charge on any atom is -0.507 e. The zero-order chi connectivity index (χ0) is 50.3. The number of halogens is 1. The van der Waals surface area contributed by atoms with Crippen LogP contribution in [0.2, 0.25) is 0 Å². The van der Waals surface area contributed by atoms with Crippen LogP contribution in [0.25, 0.3) is 111 Å². The smallest absolute Gasteiger partial charge is 0.124 e. The quantitative estimate of drug-likeness (QED) is 0.121. The maximum Gasteiger partial charge on any atom is 0.124 e. The van der Waals surface area contributed by atoms with Crippen LogP contribution >= 0.6 is 0 Å². The van der Waals surface area contributed by atoms with Crippen molar-refractivity contribution in [2.75, 3.05) is 0 Å². The van der Waals surface area contributed by atoms with Crippen molar-refractivity contribution in [2.45, 2.75) is 53.4 Å². The Morgan fingerprint density at radius 3 is 1.89 bits per heavy atom. The molecule has 365 valence electrons. The van der Waals surface area contributed by atoms with Gasteiger partial charge < -0.3 is 9.52 Å². The molecule has 1 radical (unpaired) electrons. The molecule has 1 N–H and O–H groups in total. The van der Waals surface area contributed by atoms with Gasteiger partial charge in [0.05, 0.1) is 11.3 Å². The van der Waals surface area contributed by atoms with Gasteiger partial charge in [-0.05, 0) is 134 Å². The van der Waals surface area contributed by atoms with E-state index in [2.05, 4.69) is 179 Å². The van der Waals surface area contributed by atoms with Crippen LogP contribution in [0.15, 0.2) is 193 Å². The van der Waals surface area contributed by atoms with Gasteiger partial charge in [0.1, 0.15) is 11.3 Å². The number of pyridine rings is 3. The van der Waals surface area contributed by atoms with E-state index in [1.807, 2.05) is 42.7 Å². The number of phenolic OH excluding ortho intramolecular Hbond substituents is 1. The normalized spacial score (nSPS) is 11.4. The van der Waals surface area contributed by atoms with Crippen molar-refractivity contribution >= 4 is 43.5 Å². The number of furan rings is 1. The number of hydrogen-bond acceptors (Lipinski definition) is 5. The van der Waals surface area contributed by atoms with Crippen LogP contribution in [-0.4, -0.2) is 20.1 Å². The number of aromatic nitrogens is 3. The van der Waals surface area contributed by atoms with Crippen LogP contribution in [-0.2, 0) is 20.1 Å². The fraction of sp³-hybridized carbons (Fsp3) is 0.119. The SMILES string of the molecule is CC(C)c1cc(-c2ccccc2)cc(C(C)C)c1-c1cc(-c2[c-]cc(F)cc2)nc(-c2ccccc2O)c1.Cc1ccnc(-c2[c-]c(-c3cc(C)ccn3)c3oc4cc5c(ccc6ccccc65)cc4c3c2)c1.[Ir]. The molecule has 0 fully saturated rings. The standard InChI is InChI=1S/C35H31FNO.C32H21N2O.Ir/c1-22(2)30-18-26(24-10-6-5-7-11-24)19-31(23(3)4)35(30)27-20-32(25-14-16-28(36)17-15-25)37-33(21-27)29-12-8-9-13-34(29)38;1-19-9-11-33-29(13-19)23-16-27-26-15-22-8-7-21-5-3-4-6-24(21)25(22)18-31(26)35-32(27)28(17-23)30-14-20(2)10-12-34-30;/h5-14,16-23,38H,1-4H3;3-16,18H,1-2H3;/q2*-1;. The third-order valence-corrected chi connectivity index (χ3v) is 13.6. The summed E-state index contributed by atoms with van der Waals surface area (Å²) in [6.45, 7) is 13.0. The first-order valence-corrected chi connectivity index (χ1v) is 24.8. The van der Waals surface area contributed by atoms with Crippen LogP contribution in [0.1, 0.15) is 61.8 Å². The van der Waals surface area contributed by atoms with Crippen molar-refractivity contribution in [1.82, 2.24) is 15.0 Å². The summed E-state index contributed by atoms with van der Waals surface area (Å²) in [4.78, 5) is 14.2. The number of nitrogens with zero attached hydrogens (tertiary/aromatic N) is 3. The molecule has 0 spiro atoms. The van der Waals surface area contributed by atoms with Gasteiger partial charge >= 0.3 is 0 Å². The van der Waals surface area contributed by atoms with E-state index in [1.54, 1.807) is 18.2 Å². The van der Waals surface area contributed by atoms with E-state index in [4.69, 9.17) is 9.40 Å². The van der Waals surface area contributed by atoms with Crippen LogP contribution in [0.5, 0.6) is 5.75 Å². The second-order valence-electron chi connectivity index (χ2n) is 19.5. The van der Waals surface area contributed by atoms with Gasteiger partial charge in [0.2, 0.25) is 0 Å². The molecule has 5 nitrogen and oxygen atoms in total. The Morgan fingerprint density at radius 1 is 0.527 bits per heavy atom. The molecule has 12 rings (SSSR count). The molecule has 0 bridgehead atoms. The van der Waals surface area contributed by atoms with Gasteiger partial charge in [-0.1, -0.05) is 159 Å². The minimum absolute atomic E-state index is 0. The van der Waals surface area contributed by atoms with E-state index >= 15 is 0 Å². The van der Waals surface area contributed by atoms with Gasteiger partial charge in [0.25, 0.3) is 0 Å². The first kappa shape index (κ1) is 49.5. The molecule has 0 amide bonds. The Morgan fingerprint density at radius 2 is 1.19 bits per heavy atom.